The van der Waals surface area contributed by atoms with Crippen LogP contribution >= 0.6 is 0 Å². The van der Waals surface area contributed by atoms with Gasteiger partial charge in [-0.15, -0.1) is 0 Å². The second-order valence-corrected chi connectivity index (χ2v) is 2.23. The summed E-state index contributed by atoms with van der Waals surface area (Å²) in [7, 11) is 0. The first-order valence-corrected chi connectivity index (χ1v) is 2.98. The van der Waals surface area contributed by atoms with E-state index in [1.807, 2.05) is 6.92 Å². The lowest BCUT2D eigenvalue weighted by atomic mass is 10.3. The monoisotopic (exact) mass is 114 g/mol. The van der Waals surface area contributed by atoms with Crippen molar-refractivity contribution in [2.45, 2.75) is 19.1 Å². The van der Waals surface area contributed by atoms with Gasteiger partial charge in [0.05, 0.1) is 12.2 Å². The van der Waals surface area contributed by atoms with Gasteiger partial charge in [-0.1, -0.05) is 0 Å². The summed E-state index contributed by atoms with van der Waals surface area (Å²) in [6, 6.07) is 0. The predicted molar refractivity (Wildman–Crippen MR) is 32.6 cm³/mol. The quantitative estimate of drug-likeness (QED) is 0.485. The van der Waals surface area contributed by atoms with Gasteiger partial charge in [0.1, 0.15) is 0 Å². The molecule has 1 aliphatic rings. The molecule has 0 spiro atoms. The van der Waals surface area contributed by atoms with Crippen molar-refractivity contribution in [2.75, 3.05) is 13.1 Å². The van der Waals surface area contributed by atoms with Crippen LogP contribution in [0.15, 0.2) is 0 Å². The minimum absolute atomic E-state index is 0.152. The number of hydrogen-bond acceptors (Lipinski definition) is 2. The lowest BCUT2D eigenvalue weighted by molar-refractivity contribution is -0.00294. The maximum Gasteiger partial charge on any atom is 0.0704 e. The fourth-order valence-corrected chi connectivity index (χ4v) is 0.872. The number of ether oxygens (including phenoxy) is 1. The van der Waals surface area contributed by atoms with Gasteiger partial charge in [0.2, 0.25) is 0 Å². The summed E-state index contributed by atoms with van der Waals surface area (Å²) in [5.74, 6) is 0. The lowest BCUT2D eigenvalue weighted by Gasteiger charge is -2.25. The van der Waals surface area contributed by atoms with Crippen molar-refractivity contribution in [2.24, 2.45) is 0 Å². The van der Waals surface area contributed by atoms with Crippen LogP contribution in [0.5, 0.6) is 0 Å². The van der Waals surface area contributed by atoms with Crippen LogP contribution in [0, 0.1) is 6.92 Å². The highest BCUT2D eigenvalue weighted by molar-refractivity contribution is 4.72. The first-order valence-electron chi connectivity index (χ1n) is 2.98. The molecule has 0 bridgehead atoms. The minimum atomic E-state index is 0.152. The molecule has 1 heterocycles. The van der Waals surface area contributed by atoms with E-state index < -0.39 is 0 Å². The van der Waals surface area contributed by atoms with Crippen molar-refractivity contribution in [3.05, 3.63) is 6.92 Å². The normalized spacial score (nSPS) is 39.8. The first kappa shape index (κ1) is 6.05. The highest BCUT2D eigenvalue weighted by Gasteiger charge is 2.12. The summed E-state index contributed by atoms with van der Waals surface area (Å²) in [5, 5.41) is 3.20. The second-order valence-electron chi connectivity index (χ2n) is 2.23. The van der Waals surface area contributed by atoms with E-state index in [0.717, 1.165) is 13.1 Å². The molecule has 0 aliphatic carbocycles. The summed E-state index contributed by atoms with van der Waals surface area (Å²) < 4.78 is 5.31. The van der Waals surface area contributed by atoms with Gasteiger partial charge in [-0.05, 0) is 13.8 Å². The highest BCUT2D eigenvalue weighted by atomic mass is 16.5. The molecule has 0 aromatic heterocycles. The van der Waals surface area contributed by atoms with E-state index in [4.69, 9.17) is 4.74 Å². The molecular formula is C6H12NO. The molecule has 0 amide bonds. The Morgan fingerprint density at radius 2 is 2.38 bits per heavy atom. The molecule has 1 fully saturated rings. The average molecular weight is 114 g/mol. The fourth-order valence-electron chi connectivity index (χ4n) is 0.872. The van der Waals surface area contributed by atoms with Crippen molar-refractivity contribution in [3.8, 4) is 0 Å². The summed E-state index contributed by atoms with van der Waals surface area (Å²) in [6.07, 6.45) is 0.491. The van der Waals surface area contributed by atoms with Crippen LogP contribution in [0.4, 0.5) is 0 Å². The second kappa shape index (κ2) is 2.46. The van der Waals surface area contributed by atoms with E-state index >= 15 is 0 Å². The van der Waals surface area contributed by atoms with Crippen molar-refractivity contribution >= 4 is 0 Å². The van der Waals surface area contributed by atoms with Crippen LogP contribution < -0.4 is 5.32 Å². The van der Waals surface area contributed by atoms with E-state index in [1.165, 1.54) is 0 Å². The molecule has 0 aromatic rings. The number of morpholine rings is 1. The summed E-state index contributed by atoms with van der Waals surface area (Å²) in [4.78, 5) is 0. The van der Waals surface area contributed by atoms with E-state index in [9.17, 15) is 0 Å². The molecular weight excluding hydrogens is 102 g/mol. The summed E-state index contributed by atoms with van der Waals surface area (Å²) in [6.45, 7) is 7.67. The van der Waals surface area contributed by atoms with Gasteiger partial charge >= 0.3 is 0 Å². The Balaban J connectivity index is 2.23. The predicted octanol–water partition coefficient (Wildman–Crippen LogP) is 0.197. The van der Waals surface area contributed by atoms with Crippen LogP contribution in [-0.2, 0) is 4.74 Å². The Morgan fingerprint density at radius 1 is 1.62 bits per heavy atom. The summed E-state index contributed by atoms with van der Waals surface area (Å²) in [5.41, 5.74) is 0. The largest absolute Gasteiger partial charge is 0.373 e. The van der Waals surface area contributed by atoms with Crippen LogP contribution in [0.2, 0.25) is 0 Å². The molecule has 47 valence electrons. The van der Waals surface area contributed by atoms with E-state index in [2.05, 4.69) is 12.2 Å². The Kier molecular flexibility index (Phi) is 1.86. The minimum Gasteiger partial charge on any atom is -0.373 e. The van der Waals surface area contributed by atoms with Gasteiger partial charge in [0.25, 0.3) is 0 Å². The maximum atomic E-state index is 5.31. The third-order valence-corrected chi connectivity index (χ3v) is 1.23. The molecule has 1 aliphatic heterocycles. The van der Waals surface area contributed by atoms with Crippen molar-refractivity contribution in [3.63, 3.8) is 0 Å². The maximum absolute atomic E-state index is 5.31. The van der Waals surface area contributed by atoms with Gasteiger partial charge in [-0.25, -0.2) is 0 Å². The molecule has 1 N–H and O–H groups in total. The molecule has 2 unspecified atom stereocenters. The molecule has 1 radical (unpaired) electrons. The Labute approximate surface area is 50.2 Å². The van der Waals surface area contributed by atoms with Crippen LogP contribution in [-0.4, -0.2) is 25.3 Å². The molecule has 1 saturated heterocycles. The molecule has 0 saturated carbocycles. The van der Waals surface area contributed by atoms with Gasteiger partial charge in [0, 0.05) is 13.1 Å². The lowest BCUT2D eigenvalue weighted by Crippen LogP contribution is -2.41. The van der Waals surface area contributed by atoms with Gasteiger partial charge < -0.3 is 10.1 Å². The van der Waals surface area contributed by atoms with Gasteiger partial charge in [-0.3, -0.25) is 0 Å². The zero-order valence-electron chi connectivity index (χ0n) is 5.18. The Hall–Kier alpha value is -0.0800. The fraction of sp³-hybridized carbons (Fsp3) is 0.833. The standard InChI is InChI=1S/C6H12NO/c1-5-3-7-4-6(2)8-5/h5-7H,1,3-4H2,2H3. The van der Waals surface area contributed by atoms with Crippen molar-refractivity contribution < 1.29 is 4.74 Å². The van der Waals surface area contributed by atoms with Crippen molar-refractivity contribution in [1.82, 2.24) is 5.32 Å². The van der Waals surface area contributed by atoms with E-state index in [1.54, 1.807) is 0 Å². The zero-order valence-corrected chi connectivity index (χ0v) is 5.18. The molecule has 2 nitrogen and oxygen atoms in total. The molecule has 2 heteroatoms. The topological polar surface area (TPSA) is 21.3 Å². The highest BCUT2D eigenvalue weighted by Crippen LogP contribution is 1.99. The third kappa shape index (κ3) is 1.46. The van der Waals surface area contributed by atoms with E-state index in [0.29, 0.717) is 6.10 Å². The molecule has 0 aromatic carbocycles. The van der Waals surface area contributed by atoms with Crippen LogP contribution in [0.3, 0.4) is 0 Å². The number of hydrogen-bond donors (Lipinski definition) is 1. The smallest absolute Gasteiger partial charge is 0.0704 e. The van der Waals surface area contributed by atoms with Gasteiger partial charge in [0.15, 0.2) is 0 Å². The number of nitrogens with one attached hydrogen (secondary N) is 1. The number of rotatable bonds is 0. The SMILES string of the molecule is [CH2]C1CNCC(C)O1. The zero-order chi connectivity index (χ0) is 5.98. The Morgan fingerprint density at radius 3 is 2.75 bits per heavy atom. The van der Waals surface area contributed by atoms with Crippen molar-refractivity contribution in [1.29, 1.82) is 0 Å². The Bertz CT molecular complexity index is 66.9. The third-order valence-electron chi connectivity index (χ3n) is 1.23. The molecule has 8 heavy (non-hydrogen) atoms. The first-order chi connectivity index (χ1) is 3.79. The van der Waals surface area contributed by atoms with Crippen LogP contribution in [0.1, 0.15) is 6.92 Å². The van der Waals surface area contributed by atoms with Gasteiger partial charge in [-0.2, -0.15) is 0 Å². The van der Waals surface area contributed by atoms with E-state index in [-0.39, 0.29) is 6.10 Å². The average Bonchev–Trinajstić information content (AvgIpc) is 1.64. The summed E-state index contributed by atoms with van der Waals surface area (Å²) >= 11 is 0. The molecule has 1 rings (SSSR count). The van der Waals surface area contributed by atoms with Crippen LogP contribution in [0.25, 0.3) is 0 Å². The molecule has 2 atom stereocenters.